The van der Waals surface area contributed by atoms with Crippen molar-refractivity contribution in [2.45, 2.75) is 19.8 Å². The van der Waals surface area contributed by atoms with Crippen LogP contribution in [0.15, 0.2) is 18.2 Å². The van der Waals surface area contributed by atoms with E-state index in [0.717, 1.165) is 12.8 Å². The van der Waals surface area contributed by atoms with Gasteiger partial charge in [0, 0.05) is 11.8 Å². The van der Waals surface area contributed by atoms with Gasteiger partial charge in [-0.2, -0.15) is 0 Å². The quantitative estimate of drug-likeness (QED) is 0.569. The Morgan fingerprint density at radius 3 is 2.80 bits per heavy atom. The van der Waals surface area contributed by atoms with Crippen molar-refractivity contribution in [3.05, 3.63) is 23.8 Å². The molecule has 82 valence electrons. The van der Waals surface area contributed by atoms with Crippen LogP contribution in [0.1, 0.15) is 30.1 Å². The summed E-state index contributed by atoms with van der Waals surface area (Å²) in [5.41, 5.74) is 11.7. The number of rotatable bonds is 5. The Labute approximate surface area is 89.2 Å². The van der Waals surface area contributed by atoms with E-state index < -0.39 is 5.91 Å². The molecular formula is C11H16N2O2. The molecule has 1 aromatic rings. The lowest BCUT2D eigenvalue weighted by Gasteiger charge is -2.09. The molecule has 4 nitrogen and oxygen atoms in total. The SMILES string of the molecule is CCCCOc1cc(N)ccc1C(N)=O. The summed E-state index contributed by atoms with van der Waals surface area (Å²) in [6, 6.07) is 4.83. The van der Waals surface area contributed by atoms with Gasteiger partial charge < -0.3 is 16.2 Å². The van der Waals surface area contributed by atoms with Crippen LogP contribution in [0.3, 0.4) is 0 Å². The Bertz CT molecular complexity index is 350. The Morgan fingerprint density at radius 1 is 1.47 bits per heavy atom. The summed E-state index contributed by atoms with van der Waals surface area (Å²) in [5, 5.41) is 0. The van der Waals surface area contributed by atoms with Gasteiger partial charge in [-0.1, -0.05) is 13.3 Å². The molecule has 0 atom stereocenters. The number of nitrogens with two attached hydrogens (primary N) is 2. The Kier molecular flexibility index (Phi) is 3.97. The monoisotopic (exact) mass is 208 g/mol. The van der Waals surface area contributed by atoms with Crippen molar-refractivity contribution in [2.24, 2.45) is 5.73 Å². The van der Waals surface area contributed by atoms with E-state index in [1.807, 2.05) is 0 Å². The highest BCUT2D eigenvalue weighted by molar-refractivity contribution is 5.96. The van der Waals surface area contributed by atoms with Gasteiger partial charge in [-0.3, -0.25) is 4.79 Å². The largest absolute Gasteiger partial charge is 0.493 e. The molecule has 1 rings (SSSR count). The average Bonchev–Trinajstić information content (AvgIpc) is 2.18. The first-order valence-corrected chi connectivity index (χ1v) is 4.97. The van der Waals surface area contributed by atoms with Crippen molar-refractivity contribution >= 4 is 11.6 Å². The smallest absolute Gasteiger partial charge is 0.252 e. The first-order chi connectivity index (χ1) is 7.15. The molecule has 0 aromatic heterocycles. The fourth-order valence-corrected chi connectivity index (χ4v) is 1.19. The number of nitrogen functional groups attached to an aromatic ring is 1. The summed E-state index contributed by atoms with van der Waals surface area (Å²) in [7, 11) is 0. The number of hydrogen-bond acceptors (Lipinski definition) is 3. The van der Waals surface area contributed by atoms with Crippen LogP contribution < -0.4 is 16.2 Å². The van der Waals surface area contributed by atoms with E-state index in [9.17, 15) is 4.79 Å². The molecule has 0 bridgehead atoms. The van der Waals surface area contributed by atoms with Gasteiger partial charge in [0.05, 0.1) is 12.2 Å². The van der Waals surface area contributed by atoms with Crippen molar-refractivity contribution in [1.29, 1.82) is 0 Å². The lowest BCUT2D eigenvalue weighted by Crippen LogP contribution is -2.13. The minimum Gasteiger partial charge on any atom is -0.493 e. The Balaban J connectivity index is 2.82. The predicted octanol–water partition coefficient (Wildman–Crippen LogP) is 1.55. The highest BCUT2D eigenvalue weighted by Crippen LogP contribution is 2.21. The third-order valence-electron chi connectivity index (χ3n) is 2.03. The average molecular weight is 208 g/mol. The zero-order valence-electron chi connectivity index (χ0n) is 8.82. The van der Waals surface area contributed by atoms with Crippen LogP contribution in [0, 0.1) is 0 Å². The molecule has 1 amide bonds. The third kappa shape index (κ3) is 3.16. The van der Waals surface area contributed by atoms with Gasteiger partial charge >= 0.3 is 0 Å². The highest BCUT2D eigenvalue weighted by Gasteiger charge is 2.09. The van der Waals surface area contributed by atoms with E-state index in [-0.39, 0.29) is 0 Å². The summed E-state index contributed by atoms with van der Waals surface area (Å²) in [6.45, 7) is 2.64. The second-order valence-corrected chi connectivity index (χ2v) is 3.32. The van der Waals surface area contributed by atoms with Gasteiger partial charge in [-0.15, -0.1) is 0 Å². The molecule has 0 aliphatic carbocycles. The number of ether oxygens (including phenoxy) is 1. The summed E-state index contributed by atoms with van der Waals surface area (Å²) in [4.78, 5) is 11.1. The van der Waals surface area contributed by atoms with Crippen LogP contribution in [0.5, 0.6) is 5.75 Å². The molecule has 0 saturated heterocycles. The molecule has 4 heteroatoms. The zero-order valence-corrected chi connectivity index (χ0v) is 8.82. The molecule has 15 heavy (non-hydrogen) atoms. The van der Waals surface area contributed by atoms with Crippen LogP contribution >= 0.6 is 0 Å². The molecule has 0 heterocycles. The van der Waals surface area contributed by atoms with Gasteiger partial charge in [0.25, 0.3) is 5.91 Å². The molecule has 0 radical (unpaired) electrons. The number of hydrogen-bond donors (Lipinski definition) is 2. The molecule has 0 fully saturated rings. The fourth-order valence-electron chi connectivity index (χ4n) is 1.19. The van der Waals surface area contributed by atoms with Crippen LogP contribution in [0.25, 0.3) is 0 Å². The van der Waals surface area contributed by atoms with E-state index in [1.165, 1.54) is 0 Å². The van der Waals surface area contributed by atoms with Crippen molar-refractivity contribution in [3.63, 3.8) is 0 Å². The van der Waals surface area contributed by atoms with Crippen molar-refractivity contribution in [3.8, 4) is 5.75 Å². The Morgan fingerprint density at radius 2 is 2.20 bits per heavy atom. The van der Waals surface area contributed by atoms with Gasteiger partial charge in [0.15, 0.2) is 0 Å². The van der Waals surface area contributed by atoms with Gasteiger partial charge in [0.2, 0.25) is 0 Å². The molecule has 0 saturated carbocycles. The van der Waals surface area contributed by atoms with Crippen LogP contribution in [0.2, 0.25) is 0 Å². The summed E-state index contributed by atoms with van der Waals surface area (Å²) in [6.07, 6.45) is 1.97. The minimum atomic E-state index is -0.499. The topological polar surface area (TPSA) is 78.3 Å². The van der Waals surface area contributed by atoms with Gasteiger partial charge in [0.1, 0.15) is 5.75 Å². The lowest BCUT2D eigenvalue weighted by molar-refractivity contribution is 0.0996. The number of anilines is 1. The third-order valence-corrected chi connectivity index (χ3v) is 2.03. The van der Waals surface area contributed by atoms with Gasteiger partial charge in [-0.25, -0.2) is 0 Å². The molecule has 0 aliphatic rings. The fraction of sp³-hybridized carbons (Fsp3) is 0.364. The molecule has 0 unspecified atom stereocenters. The number of amides is 1. The molecular weight excluding hydrogens is 192 g/mol. The summed E-state index contributed by atoms with van der Waals surface area (Å²) >= 11 is 0. The van der Waals surface area contributed by atoms with E-state index >= 15 is 0 Å². The van der Waals surface area contributed by atoms with Crippen LogP contribution in [-0.2, 0) is 0 Å². The maximum Gasteiger partial charge on any atom is 0.252 e. The number of carbonyl (C=O) groups is 1. The van der Waals surface area contributed by atoms with E-state index in [2.05, 4.69) is 6.92 Å². The molecule has 1 aromatic carbocycles. The van der Waals surface area contributed by atoms with Gasteiger partial charge in [-0.05, 0) is 18.6 Å². The second kappa shape index (κ2) is 5.24. The summed E-state index contributed by atoms with van der Waals surface area (Å²) in [5.74, 6) is -0.0301. The highest BCUT2D eigenvalue weighted by atomic mass is 16.5. The number of unbranched alkanes of at least 4 members (excludes halogenated alkanes) is 1. The van der Waals surface area contributed by atoms with Crippen LogP contribution in [0.4, 0.5) is 5.69 Å². The molecule has 0 spiro atoms. The van der Waals surface area contributed by atoms with E-state index in [4.69, 9.17) is 16.2 Å². The maximum absolute atomic E-state index is 11.1. The van der Waals surface area contributed by atoms with E-state index in [0.29, 0.717) is 23.6 Å². The standard InChI is InChI=1S/C11H16N2O2/c1-2-3-6-15-10-7-8(12)4-5-9(10)11(13)14/h4-5,7H,2-3,6,12H2,1H3,(H2,13,14). The van der Waals surface area contributed by atoms with Crippen molar-refractivity contribution in [1.82, 2.24) is 0 Å². The predicted molar refractivity (Wildman–Crippen MR) is 59.8 cm³/mol. The normalized spacial score (nSPS) is 9.93. The zero-order chi connectivity index (χ0) is 11.3. The van der Waals surface area contributed by atoms with Crippen LogP contribution in [-0.4, -0.2) is 12.5 Å². The number of primary amides is 1. The van der Waals surface area contributed by atoms with Crippen molar-refractivity contribution < 1.29 is 9.53 Å². The minimum absolute atomic E-state index is 0.375. The second-order valence-electron chi connectivity index (χ2n) is 3.32. The van der Waals surface area contributed by atoms with Crippen molar-refractivity contribution in [2.75, 3.05) is 12.3 Å². The van der Waals surface area contributed by atoms with E-state index in [1.54, 1.807) is 18.2 Å². The molecule has 0 aliphatic heterocycles. The number of benzene rings is 1. The lowest BCUT2D eigenvalue weighted by atomic mass is 10.1. The Hall–Kier alpha value is -1.71. The maximum atomic E-state index is 11.1. The number of carbonyl (C=O) groups excluding carboxylic acids is 1. The summed E-state index contributed by atoms with van der Waals surface area (Å²) < 4.78 is 5.44. The first-order valence-electron chi connectivity index (χ1n) is 4.97. The first kappa shape index (κ1) is 11.4. The molecule has 4 N–H and O–H groups in total.